The van der Waals surface area contributed by atoms with Crippen LogP contribution in [0.5, 0.6) is 0 Å². The molecule has 0 spiro atoms. The number of hydrogen-bond donors (Lipinski definition) is 0. The molecule has 0 N–H and O–H groups in total. The van der Waals surface area contributed by atoms with Crippen molar-refractivity contribution in [3.05, 3.63) is 41.6 Å². The Morgan fingerprint density at radius 2 is 2.00 bits per heavy atom. The molecule has 26 heavy (non-hydrogen) atoms. The van der Waals surface area contributed by atoms with Gasteiger partial charge in [-0.3, -0.25) is 13.9 Å². The van der Waals surface area contributed by atoms with E-state index in [9.17, 15) is 8.42 Å². The van der Waals surface area contributed by atoms with Gasteiger partial charge in [-0.15, -0.1) is 0 Å². The van der Waals surface area contributed by atoms with Gasteiger partial charge in [0.25, 0.3) is 10.0 Å². The van der Waals surface area contributed by atoms with Crippen molar-refractivity contribution in [3.63, 3.8) is 0 Å². The normalized spacial score (nSPS) is 25.0. The van der Waals surface area contributed by atoms with Crippen LogP contribution >= 0.6 is 0 Å². The van der Waals surface area contributed by atoms with Gasteiger partial charge in [0.2, 0.25) is 5.03 Å². The lowest BCUT2D eigenvalue weighted by atomic mass is 10.0. The van der Waals surface area contributed by atoms with E-state index in [0.29, 0.717) is 11.3 Å². The zero-order chi connectivity index (χ0) is 18.5. The lowest BCUT2D eigenvalue weighted by molar-refractivity contribution is -0.0658. The Balaban J connectivity index is 1.88. The maximum Gasteiger partial charge on any atom is 0.283 e. The number of ether oxygens (including phenoxy) is 1. The second kappa shape index (κ2) is 6.37. The number of anilines is 1. The molecule has 4 rings (SSSR count). The van der Waals surface area contributed by atoms with Crippen molar-refractivity contribution in [2.75, 3.05) is 24.4 Å². The molecule has 2 atom stereocenters. The van der Waals surface area contributed by atoms with Crippen molar-refractivity contribution >= 4 is 15.7 Å². The molecule has 2 aromatic rings. The zero-order valence-electron chi connectivity index (χ0n) is 15.3. The first-order valence-electron chi connectivity index (χ1n) is 8.94. The van der Waals surface area contributed by atoms with Gasteiger partial charge >= 0.3 is 0 Å². The summed E-state index contributed by atoms with van der Waals surface area (Å²) in [5.74, 6) is 0. The molecule has 1 aromatic heterocycles. The number of nitrogens with zero attached hydrogens (tertiary/aromatic N) is 4. The number of hydrogen-bond acceptors (Lipinski definition) is 5. The minimum Gasteiger partial charge on any atom is -0.350 e. The van der Waals surface area contributed by atoms with Crippen LogP contribution in [0.1, 0.15) is 37.0 Å². The number of likely N-dealkylation sites (tertiary alicyclic amines) is 1. The van der Waals surface area contributed by atoms with Crippen LogP contribution in [0.3, 0.4) is 0 Å². The van der Waals surface area contributed by atoms with E-state index in [1.807, 2.05) is 24.3 Å². The number of para-hydroxylation sites is 1. The van der Waals surface area contributed by atoms with Gasteiger partial charge in [0.1, 0.15) is 12.3 Å². The quantitative estimate of drug-likeness (QED) is 0.821. The summed E-state index contributed by atoms with van der Waals surface area (Å²) in [6.07, 6.45) is 3.32. The van der Waals surface area contributed by atoms with Crippen LogP contribution in [0.4, 0.5) is 5.69 Å². The van der Waals surface area contributed by atoms with Crippen LogP contribution < -0.4 is 4.31 Å². The summed E-state index contributed by atoms with van der Waals surface area (Å²) in [5, 5.41) is 4.33. The smallest absolute Gasteiger partial charge is 0.283 e. The van der Waals surface area contributed by atoms with E-state index in [-0.39, 0.29) is 11.3 Å². The SMILES string of the molecule is CCN1CCCC1OC1c2ccccc2N(C)S(=O)(=O)c2nn(C)cc21. The van der Waals surface area contributed by atoms with Crippen LogP contribution in [0.25, 0.3) is 0 Å². The second-order valence-corrected chi connectivity index (χ2v) is 8.72. The van der Waals surface area contributed by atoms with E-state index in [1.54, 1.807) is 25.0 Å². The highest BCUT2D eigenvalue weighted by Gasteiger charge is 2.40. The highest BCUT2D eigenvalue weighted by atomic mass is 32.2. The molecule has 3 heterocycles. The van der Waals surface area contributed by atoms with Crippen molar-refractivity contribution in [1.82, 2.24) is 14.7 Å². The highest BCUT2D eigenvalue weighted by molar-refractivity contribution is 7.92. The summed E-state index contributed by atoms with van der Waals surface area (Å²) in [6, 6.07) is 7.53. The maximum absolute atomic E-state index is 13.1. The van der Waals surface area contributed by atoms with Crippen molar-refractivity contribution in [2.24, 2.45) is 7.05 Å². The van der Waals surface area contributed by atoms with E-state index in [4.69, 9.17) is 4.74 Å². The lowest BCUT2D eigenvalue weighted by Gasteiger charge is -2.28. The third-order valence-corrected chi connectivity index (χ3v) is 6.99. The third kappa shape index (κ3) is 2.64. The fraction of sp³-hybridized carbons (Fsp3) is 0.500. The molecular weight excluding hydrogens is 352 g/mol. The molecule has 7 nitrogen and oxygen atoms in total. The van der Waals surface area contributed by atoms with Crippen LogP contribution in [0.2, 0.25) is 0 Å². The number of sulfonamides is 1. The van der Waals surface area contributed by atoms with Crippen molar-refractivity contribution in [2.45, 2.75) is 37.1 Å². The maximum atomic E-state index is 13.1. The Morgan fingerprint density at radius 3 is 2.77 bits per heavy atom. The average molecular weight is 376 g/mol. The second-order valence-electron chi connectivity index (χ2n) is 6.84. The van der Waals surface area contributed by atoms with Gasteiger partial charge in [-0.1, -0.05) is 25.1 Å². The first kappa shape index (κ1) is 17.5. The summed E-state index contributed by atoms with van der Waals surface area (Å²) in [6.45, 7) is 4.04. The fourth-order valence-electron chi connectivity index (χ4n) is 3.90. The Bertz CT molecular complexity index is 924. The predicted octanol–water partition coefficient (Wildman–Crippen LogP) is 2.11. The molecule has 140 valence electrons. The molecule has 0 bridgehead atoms. The van der Waals surface area contributed by atoms with E-state index in [1.165, 1.54) is 4.31 Å². The van der Waals surface area contributed by atoms with E-state index >= 15 is 0 Å². The zero-order valence-corrected chi connectivity index (χ0v) is 16.1. The molecule has 8 heteroatoms. The number of aromatic nitrogens is 2. The van der Waals surface area contributed by atoms with Crippen LogP contribution in [-0.4, -0.2) is 49.5 Å². The van der Waals surface area contributed by atoms with Crippen molar-refractivity contribution in [1.29, 1.82) is 0 Å². The monoisotopic (exact) mass is 376 g/mol. The Labute approximate surface area is 154 Å². The van der Waals surface area contributed by atoms with Gasteiger partial charge in [0.15, 0.2) is 0 Å². The van der Waals surface area contributed by atoms with Gasteiger partial charge in [-0.05, 0) is 25.5 Å². The molecule has 2 aliphatic heterocycles. The minimum atomic E-state index is -3.73. The summed E-state index contributed by atoms with van der Waals surface area (Å²) < 4.78 is 35.6. The first-order valence-corrected chi connectivity index (χ1v) is 10.4. The number of fused-ring (bicyclic) bond motifs is 2. The summed E-state index contributed by atoms with van der Waals surface area (Å²) in [4.78, 5) is 2.29. The summed E-state index contributed by atoms with van der Waals surface area (Å²) in [7, 11) is -0.418. The molecular formula is C18H24N4O3S. The Hall–Kier alpha value is -1.90. The molecule has 2 aliphatic rings. The van der Waals surface area contributed by atoms with Gasteiger partial charge in [-0.2, -0.15) is 13.5 Å². The number of rotatable bonds is 3. The van der Waals surface area contributed by atoms with Gasteiger partial charge in [0.05, 0.1) is 5.69 Å². The molecule has 2 unspecified atom stereocenters. The van der Waals surface area contributed by atoms with Crippen LogP contribution in [0.15, 0.2) is 35.5 Å². The Morgan fingerprint density at radius 1 is 1.23 bits per heavy atom. The summed E-state index contributed by atoms with van der Waals surface area (Å²) in [5.41, 5.74) is 2.10. The average Bonchev–Trinajstić information content (AvgIpc) is 3.23. The molecule has 0 amide bonds. The van der Waals surface area contributed by atoms with E-state index in [2.05, 4.69) is 16.9 Å². The Kier molecular flexibility index (Phi) is 4.29. The minimum absolute atomic E-state index is 0.0165. The van der Waals surface area contributed by atoms with Crippen LogP contribution in [-0.2, 0) is 21.8 Å². The molecule has 1 saturated heterocycles. The lowest BCUT2D eigenvalue weighted by Crippen LogP contribution is -2.32. The molecule has 0 aliphatic carbocycles. The van der Waals surface area contributed by atoms with Gasteiger partial charge in [0, 0.05) is 38.0 Å². The topological polar surface area (TPSA) is 67.7 Å². The predicted molar refractivity (Wildman–Crippen MR) is 98.4 cm³/mol. The number of benzene rings is 1. The molecule has 0 radical (unpaired) electrons. The van der Waals surface area contributed by atoms with Crippen molar-refractivity contribution in [3.8, 4) is 0 Å². The van der Waals surface area contributed by atoms with Crippen LogP contribution in [0, 0.1) is 0 Å². The molecule has 1 fully saturated rings. The fourth-order valence-corrected chi connectivity index (χ4v) is 5.28. The summed E-state index contributed by atoms with van der Waals surface area (Å²) >= 11 is 0. The van der Waals surface area contributed by atoms with Crippen molar-refractivity contribution < 1.29 is 13.2 Å². The van der Waals surface area contributed by atoms with Gasteiger partial charge < -0.3 is 4.74 Å². The molecule has 1 aromatic carbocycles. The van der Waals surface area contributed by atoms with E-state index in [0.717, 1.165) is 31.5 Å². The van der Waals surface area contributed by atoms with E-state index < -0.39 is 16.1 Å². The first-order chi connectivity index (χ1) is 12.4. The standard InChI is InChI=1S/C18H24N4O3S/c1-4-22-11-7-10-16(22)25-17-13-8-5-6-9-15(13)21(3)26(23,24)18-14(17)12-20(2)19-18/h5-6,8-9,12,16-17H,4,7,10-11H2,1-3H3. The third-order valence-electron chi connectivity index (χ3n) is 5.27. The highest BCUT2D eigenvalue weighted by Crippen LogP contribution is 2.42. The van der Waals surface area contributed by atoms with Gasteiger partial charge in [-0.25, -0.2) is 0 Å². The molecule has 0 saturated carbocycles. The largest absolute Gasteiger partial charge is 0.350 e. The number of aryl methyl sites for hydroxylation is 1.